The number of nitrogens with one attached hydrogen (secondary N) is 1. The third-order valence-electron chi connectivity index (χ3n) is 2.45. The van der Waals surface area contributed by atoms with Crippen LogP contribution < -0.4 is 10.1 Å². The molecule has 1 aromatic heterocycles. The van der Waals surface area contributed by atoms with Crippen molar-refractivity contribution in [2.24, 2.45) is 0 Å². The number of carbonyl (C=O) groups excluding carboxylic acids is 1. The zero-order valence-corrected chi connectivity index (χ0v) is 12.1. The Morgan fingerprint density at radius 1 is 1.57 bits per heavy atom. The van der Waals surface area contributed by atoms with Gasteiger partial charge in [-0.2, -0.15) is 8.78 Å². The molecule has 6 nitrogen and oxygen atoms in total. The average Bonchev–Trinajstić information content (AvgIpc) is 2.34. The Bertz CT molecular complexity index is 478. The van der Waals surface area contributed by atoms with Gasteiger partial charge in [0.1, 0.15) is 0 Å². The highest BCUT2D eigenvalue weighted by Gasteiger charge is 2.19. The number of carbonyl (C=O) groups is 1. The van der Waals surface area contributed by atoms with Crippen molar-refractivity contribution in [3.8, 4) is 5.88 Å². The molecule has 1 rings (SSSR count). The van der Waals surface area contributed by atoms with Gasteiger partial charge in [0.15, 0.2) is 0 Å². The number of nitrogens with zero attached hydrogens (tertiary/aromatic N) is 2. The fourth-order valence-electron chi connectivity index (χ4n) is 1.71. The molecule has 2 amide bonds. The molecule has 1 heterocycles. The summed E-state index contributed by atoms with van der Waals surface area (Å²) in [5.41, 5.74) is -0.688. The molecule has 0 aliphatic heterocycles. The number of likely N-dealkylation sites (N-methyl/N-ethyl adjacent to an activating group) is 1. The number of hydrogen-bond acceptors (Lipinski definition) is 4. The summed E-state index contributed by atoms with van der Waals surface area (Å²) in [5.74, 6) is -0.224. The molecular weight excluding hydrogens is 284 g/mol. The fraction of sp³-hybridized carbons (Fsp3) is 0.538. The second-order valence-electron chi connectivity index (χ2n) is 5.17. The zero-order chi connectivity index (χ0) is 16.0. The van der Waals surface area contributed by atoms with Gasteiger partial charge in [-0.15, -0.1) is 0 Å². The zero-order valence-electron chi connectivity index (χ0n) is 12.1. The van der Waals surface area contributed by atoms with E-state index in [1.54, 1.807) is 19.9 Å². The lowest BCUT2D eigenvalue weighted by molar-refractivity contribution is -0.0535. The van der Waals surface area contributed by atoms with E-state index in [4.69, 9.17) is 0 Å². The van der Waals surface area contributed by atoms with E-state index in [-0.39, 0.29) is 19.0 Å². The molecule has 0 unspecified atom stereocenters. The molecule has 0 spiro atoms. The Labute approximate surface area is 121 Å². The quantitative estimate of drug-likeness (QED) is 0.837. The Balaban J connectivity index is 2.61. The lowest BCUT2D eigenvalue weighted by Gasteiger charge is -2.25. The number of pyridine rings is 1. The molecule has 8 heteroatoms. The minimum absolute atomic E-state index is 0.00900. The van der Waals surface area contributed by atoms with E-state index < -0.39 is 18.2 Å². The van der Waals surface area contributed by atoms with E-state index in [9.17, 15) is 18.7 Å². The van der Waals surface area contributed by atoms with Crippen molar-refractivity contribution in [2.45, 2.75) is 32.6 Å². The Kier molecular flexibility index (Phi) is 5.83. The summed E-state index contributed by atoms with van der Waals surface area (Å²) in [5, 5.41) is 12.2. The van der Waals surface area contributed by atoms with Gasteiger partial charge < -0.3 is 20.1 Å². The predicted octanol–water partition coefficient (Wildman–Crippen LogP) is 1.60. The van der Waals surface area contributed by atoms with E-state index >= 15 is 0 Å². The maximum Gasteiger partial charge on any atom is 0.388 e. The Hall–Kier alpha value is -1.96. The molecule has 0 saturated heterocycles. The third kappa shape index (κ3) is 6.35. The maximum absolute atomic E-state index is 12.2. The standard InChI is InChI=1S/C13H19F2N3O3/c1-13(2,20)8-18(3)12(19)17-7-9-5-4-6-16-10(9)21-11(14)15/h4-6,11,20H,7-8H2,1-3H3,(H,17,19). The summed E-state index contributed by atoms with van der Waals surface area (Å²) in [4.78, 5) is 16.8. The number of rotatable bonds is 6. The Morgan fingerprint density at radius 2 is 2.24 bits per heavy atom. The molecule has 118 valence electrons. The predicted molar refractivity (Wildman–Crippen MR) is 72.0 cm³/mol. The van der Waals surface area contributed by atoms with E-state index in [1.165, 1.54) is 24.2 Å². The third-order valence-corrected chi connectivity index (χ3v) is 2.45. The van der Waals surface area contributed by atoms with Crippen LogP contribution in [0.4, 0.5) is 13.6 Å². The number of hydrogen-bond donors (Lipinski definition) is 2. The van der Waals surface area contributed by atoms with E-state index in [2.05, 4.69) is 15.0 Å². The molecule has 21 heavy (non-hydrogen) atoms. The summed E-state index contributed by atoms with van der Waals surface area (Å²) < 4.78 is 28.7. The van der Waals surface area contributed by atoms with Crippen molar-refractivity contribution in [2.75, 3.05) is 13.6 Å². The van der Waals surface area contributed by atoms with Gasteiger partial charge in [-0.1, -0.05) is 6.07 Å². The van der Waals surface area contributed by atoms with Crippen molar-refractivity contribution in [3.63, 3.8) is 0 Å². The van der Waals surface area contributed by atoms with E-state index in [0.717, 1.165) is 0 Å². The monoisotopic (exact) mass is 303 g/mol. The van der Waals surface area contributed by atoms with Gasteiger partial charge in [-0.05, 0) is 19.9 Å². The van der Waals surface area contributed by atoms with Crippen LogP contribution in [0.25, 0.3) is 0 Å². The second kappa shape index (κ2) is 7.16. The molecule has 0 fully saturated rings. The highest BCUT2D eigenvalue weighted by Crippen LogP contribution is 2.16. The number of halogens is 2. The summed E-state index contributed by atoms with van der Waals surface area (Å²) in [6.45, 7) is 0.295. The van der Waals surface area contributed by atoms with E-state index in [0.29, 0.717) is 5.56 Å². The van der Waals surface area contributed by atoms with Gasteiger partial charge >= 0.3 is 12.6 Å². The molecular formula is C13H19F2N3O3. The molecule has 0 aliphatic rings. The van der Waals surface area contributed by atoms with Gasteiger partial charge in [0, 0.05) is 25.4 Å². The van der Waals surface area contributed by atoms with E-state index in [1.807, 2.05) is 0 Å². The van der Waals surface area contributed by atoms with Crippen molar-refractivity contribution < 1.29 is 23.4 Å². The first kappa shape index (κ1) is 17.1. The first-order valence-corrected chi connectivity index (χ1v) is 6.29. The van der Waals surface area contributed by atoms with Crippen LogP contribution in [0, 0.1) is 0 Å². The molecule has 0 aliphatic carbocycles. The van der Waals surface area contributed by atoms with Gasteiger partial charge in [0.05, 0.1) is 12.1 Å². The summed E-state index contributed by atoms with van der Waals surface area (Å²) >= 11 is 0. The van der Waals surface area contributed by atoms with Crippen molar-refractivity contribution in [3.05, 3.63) is 23.9 Å². The lowest BCUT2D eigenvalue weighted by Crippen LogP contribution is -2.44. The highest BCUT2D eigenvalue weighted by atomic mass is 19.3. The van der Waals surface area contributed by atoms with Crippen LogP contribution in [0.1, 0.15) is 19.4 Å². The first-order valence-electron chi connectivity index (χ1n) is 6.29. The SMILES string of the molecule is CN(CC(C)(C)O)C(=O)NCc1cccnc1OC(F)F. The molecule has 0 radical (unpaired) electrons. The topological polar surface area (TPSA) is 74.7 Å². The molecule has 0 saturated carbocycles. The summed E-state index contributed by atoms with van der Waals surface area (Å²) in [7, 11) is 1.52. The molecule has 1 aromatic rings. The summed E-state index contributed by atoms with van der Waals surface area (Å²) in [6, 6.07) is 2.64. The first-order chi connectivity index (χ1) is 9.69. The number of aromatic nitrogens is 1. The van der Waals surface area contributed by atoms with Crippen LogP contribution in [0.2, 0.25) is 0 Å². The summed E-state index contributed by atoms with van der Waals surface area (Å²) in [6.07, 6.45) is 1.32. The Morgan fingerprint density at radius 3 is 2.81 bits per heavy atom. The molecule has 2 N–H and O–H groups in total. The maximum atomic E-state index is 12.2. The molecule has 0 atom stereocenters. The average molecular weight is 303 g/mol. The number of ether oxygens (including phenoxy) is 1. The second-order valence-corrected chi connectivity index (χ2v) is 5.17. The molecule has 0 aromatic carbocycles. The number of urea groups is 1. The van der Waals surface area contributed by atoms with Crippen LogP contribution in [-0.2, 0) is 6.54 Å². The smallest absolute Gasteiger partial charge is 0.388 e. The molecule has 0 bridgehead atoms. The largest absolute Gasteiger partial charge is 0.417 e. The van der Waals surface area contributed by atoms with Crippen molar-refractivity contribution >= 4 is 6.03 Å². The van der Waals surface area contributed by atoms with Crippen LogP contribution in [0.5, 0.6) is 5.88 Å². The van der Waals surface area contributed by atoms with Crippen molar-refractivity contribution in [1.82, 2.24) is 15.2 Å². The minimum atomic E-state index is -2.98. The lowest BCUT2D eigenvalue weighted by atomic mass is 10.1. The number of alkyl halides is 2. The number of amides is 2. The van der Waals surface area contributed by atoms with Crippen LogP contribution in [0.15, 0.2) is 18.3 Å². The van der Waals surface area contributed by atoms with Gasteiger partial charge in [-0.3, -0.25) is 0 Å². The van der Waals surface area contributed by atoms with Crippen LogP contribution >= 0.6 is 0 Å². The van der Waals surface area contributed by atoms with Crippen LogP contribution in [0.3, 0.4) is 0 Å². The normalized spacial score (nSPS) is 11.4. The van der Waals surface area contributed by atoms with Gasteiger partial charge in [0.2, 0.25) is 5.88 Å². The highest BCUT2D eigenvalue weighted by molar-refractivity contribution is 5.74. The van der Waals surface area contributed by atoms with Gasteiger partial charge in [0.25, 0.3) is 0 Å². The minimum Gasteiger partial charge on any atom is -0.417 e. The van der Waals surface area contributed by atoms with Crippen molar-refractivity contribution in [1.29, 1.82) is 0 Å². The fourth-order valence-corrected chi connectivity index (χ4v) is 1.71. The number of aliphatic hydroxyl groups is 1. The van der Waals surface area contributed by atoms with Crippen LogP contribution in [-0.4, -0.2) is 46.8 Å². The van der Waals surface area contributed by atoms with Gasteiger partial charge in [-0.25, -0.2) is 9.78 Å².